The lowest BCUT2D eigenvalue weighted by Crippen LogP contribution is -2.21. The minimum atomic E-state index is 0.00251. The summed E-state index contributed by atoms with van der Waals surface area (Å²) in [5.41, 5.74) is 1.20. The average Bonchev–Trinajstić information content (AvgIpc) is 3.23. The number of hydrogen-bond donors (Lipinski definition) is 0. The Labute approximate surface area is 137 Å². The van der Waals surface area contributed by atoms with E-state index in [0.29, 0.717) is 11.7 Å². The molecule has 0 radical (unpaired) electrons. The SMILES string of the molecule is CCCCc1noc(Cn2cnc3sc4c(c3c2=O)CCC4)n1. The molecule has 3 aromatic heterocycles. The van der Waals surface area contributed by atoms with Crippen molar-refractivity contribution >= 4 is 21.6 Å². The van der Waals surface area contributed by atoms with E-state index in [1.54, 1.807) is 22.2 Å². The first-order valence-electron chi connectivity index (χ1n) is 8.07. The quantitative estimate of drug-likeness (QED) is 0.719. The zero-order chi connectivity index (χ0) is 15.8. The maximum atomic E-state index is 12.8. The minimum Gasteiger partial charge on any atom is -0.337 e. The molecule has 0 unspecified atom stereocenters. The van der Waals surface area contributed by atoms with Crippen LogP contribution in [0.3, 0.4) is 0 Å². The molecule has 1 aliphatic rings. The molecule has 7 heteroatoms. The number of unbranched alkanes of at least 4 members (excludes halogenated alkanes) is 1. The first kappa shape index (κ1) is 14.6. The van der Waals surface area contributed by atoms with Crippen LogP contribution in [-0.2, 0) is 25.8 Å². The van der Waals surface area contributed by atoms with Gasteiger partial charge in [0.25, 0.3) is 5.56 Å². The van der Waals surface area contributed by atoms with Crippen molar-refractivity contribution in [3.8, 4) is 0 Å². The molecular formula is C16H18N4O2S. The van der Waals surface area contributed by atoms with Gasteiger partial charge in [0.05, 0.1) is 11.7 Å². The molecule has 0 atom stereocenters. The number of aromatic nitrogens is 4. The van der Waals surface area contributed by atoms with E-state index in [1.807, 2.05) is 0 Å². The molecule has 0 fully saturated rings. The summed E-state index contributed by atoms with van der Waals surface area (Å²) in [4.78, 5) is 23.8. The number of rotatable bonds is 5. The van der Waals surface area contributed by atoms with Crippen LogP contribution in [0.1, 0.15) is 48.3 Å². The third-order valence-electron chi connectivity index (χ3n) is 4.26. The second-order valence-electron chi connectivity index (χ2n) is 5.92. The monoisotopic (exact) mass is 330 g/mol. The van der Waals surface area contributed by atoms with Crippen molar-refractivity contribution in [3.05, 3.63) is 38.8 Å². The zero-order valence-corrected chi connectivity index (χ0v) is 13.9. The number of aryl methyl sites for hydroxylation is 3. The molecule has 3 heterocycles. The Hall–Kier alpha value is -2.02. The van der Waals surface area contributed by atoms with E-state index >= 15 is 0 Å². The Balaban J connectivity index is 1.65. The van der Waals surface area contributed by atoms with Crippen LogP contribution in [0.15, 0.2) is 15.6 Å². The van der Waals surface area contributed by atoms with Gasteiger partial charge in [-0.1, -0.05) is 18.5 Å². The van der Waals surface area contributed by atoms with Gasteiger partial charge in [0.15, 0.2) is 5.82 Å². The Morgan fingerprint density at radius 2 is 2.30 bits per heavy atom. The second-order valence-corrected chi connectivity index (χ2v) is 7.01. The average molecular weight is 330 g/mol. The fraction of sp³-hybridized carbons (Fsp3) is 0.500. The smallest absolute Gasteiger partial charge is 0.262 e. The summed E-state index contributed by atoms with van der Waals surface area (Å²) in [6.07, 6.45) is 7.71. The first-order valence-corrected chi connectivity index (χ1v) is 8.89. The third kappa shape index (κ3) is 2.59. The summed E-state index contributed by atoms with van der Waals surface area (Å²) in [5.74, 6) is 1.17. The topological polar surface area (TPSA) is 73.8 Å². The molecule has 0 N–H and O–H groups in total. The van der Waals surface area contributed by atoms with Crippen LogP contribution in [-0.4, -0.2) is 19.7 Å². The van der Waals surface area contributed by atoms with Gasteiger partial charge in [0.2, 0.25) is 5.89 Å². The van der Waals surface area contributed by atoms with Crippen molar-refractivity contribution < 1.29 is 4.52 Å². The molecule has 0 saturated heterocycles. The standard InChI is InChI=1S/C16H18N4O2S/c1-2-3-7-12-18-13(22-19-12)8-20-9-17-15-14(16(20)21)10-5-4-6-11(10)23-15/h9H,2-8H2,1H3. The number of fused-ring (bicyclic) bond motifs is 3. The van der Waals surface area contributed by atoms with Crippen molar-refractivity contribution in [1.29, 1.82) is 0 Å². The van der Waals surface area contributed by atoms with Gasteiger partial charge >= 0.3 is 0 Å². The summed E-state index contributed by atoms with van der Waals surface area (Å²) in [5, 5.41) is 4.76. The van der Waals surface area contributed by atoms with E-state index in [1.165, 1.54) is 10.4 Å². The molecule has 23 heavy (non-hydrogen) atoms. The van der Waals surface area contributed by atoms with Crippen LogP contribution in [0.4, 0.5) is 0 Å². The Morgan fingerprint density at radius 1 is 1.39 bits per heavy atom. The van der Waals surface area contributed by atoms with Gasteiger partial charge in [-0.05, 0) is 31.2 Å². The summed E-state index contributed by atoms with van der Waals surface area (Å²) in [7, 11) is 0. The summed E-state index contributed by atoms with van der Waals surface area (Å²) >= 11 is 1.65. The van der Waals surface area contributed by atoms with E-state index < -0.39 is 0 Å². The number of nitrogens with zero attached hydrogens (tertiary/aromatic N) is 4. The van der Waals surface area contributed by atoms with E-state index in [4.69, 9.17) is 4.52 Å². The van der Waals surface area contributed by atoms with Gasteiger partial charge < -0.3 is 4.52 Å². The highest BCUT2D eigenvalue weighted by molar-refractivity contribution is 7.18. The van der Waals surface area contributed by atoms with Crippen LogP contribution in [0.5, 0.6) is 0 Å². The molecule has 4 rings (SSSR count). The molecule has 0 aromatic carbocycles. The maximum Gasteiger partial charge on any atom is 0.262 e. The predicted octanol–water partition coefficient (Wildman–Crippen LogP) is 2.72. The van der Waals surface area contributed by atoms with Crippen LogP contribution in [0.25, 0.3) is 10.2 Å². The lowest BCUT2D eigenvalue weighted by atomic mass is 10.2. The highest BCUT2D eigenvalue weighted by Crippen LogP contribution is 2.34. The number of thiophene rings is 1. The van der Waals surface area contributed by atoms with Gasteiger partial charge in [0, 0.05) is 11.3 Å². The van der Waals surface area contributed by atoms with Crippen LogP contribution in [0.2, 0.25) is 0 Å². The summed E-state index contributed by atoms with van der Waals surface area (Å²) < 4.78 is 6.83. The third-order valence-corrected chi connectivity index (χ3v) is 5.46. The molecule has 0 saturated carbocycles. The molecule has 0 aliphatic heterocycles. The second kappa shape index (κ2) is 5.88. The fourth-order valence-corrected chi connectivity index (χ4v) is 4.29. The lowest BCUT2D eigenvalue weighted by molar-refractivity contribution is 0.364. The molecular weight excluding hydrogens is 312 g/mol. The van der Waals surface area contributed by atoms with E-state index in [2.05, 4.69) is 22.0 Å². The Bertz CT molecular complexity index is 909. The molecule has 6 nitrogen and oxygen atoms in total. The highest BCUT2D eigenvalue weighted by Gasteiger charge is 2.21. The van der Waals surface area contributed by atoms with Gasteiger partial charge in [-0.15, -0.1) is 11.3 Å². The molecule has 0 amide bonds. The highest BCUT2D eigenvalue weighted by atomic mass is 32.1. The van der Waals surface area contributed by atoms with E-state index in [0.717, 1.165) is 48.7 Å². The summed E-state index contributed by atoms with van der Waals surface area (Å²) in [6, 6.07) is 0. The van der Waals surface area contributed by atoms with Gasteiger partial charge in [-0.3, -0.25) is 9.36 Å². The predicted molar refractivity (Wildman–Crippen MR) is 87.9 cm³/mol. The van der Waals surface area contributed by atoms with Crippen LogP contribution < -0.4 is 5.56 Å². The van der Waals surface area contributed by atoms with Crippen molar-refractivity contribution in [3.63, 3.8) is 0 Å². The molecule has 0 spiro atoms. The lowest BCUT2D eigenvalue weighted by Gasteiger charge is -2.02. The molecule has 3 aromatic rings. The van der Waals surface area contributed by atoms with Crippen molar-refractivity contribution in [2.75, 3.05) is 0 Å². The first-order chi connectivity index (χ1) is 11.3. The fourth-order valence-electron chi connectivity index (χ4n) is 3.07. The normalized spacial score (nSPS) is 13.8. The van der Waals surface area contributed by atoms with E-state index in [-0.39, 0.29) is 12.1 Å². The van der Waals surface area contributed by atoms with Crippen LogP contribution in [0, 0.1) is 0 Å². The molecule has 0 bridgehead atoms. The summed E-state index contributed by atoms with van der Waals surface area (Å²) in [6.45, 7) is 2.41. The largest absolute Gasteiger partial charge is 0.337 e. The van der Waals surface area contributed by atoms with Gasteiger partial charge in [-0.25, -0.2) is 4.98 Å². The molecule has 1 aliphatic carbocycles. The van der Waals surface area contributed by atoms with Crippen molar-refractivity contribution in [2.24, 2.45) is 0 Å². The van der Waals surface area contributed by atoms with Gasteiger partial charge in [0.1, 0.15) is 11.4 Å². The van der Waals surface area contributed by atoms with Crippen LogP contribution >= 0.6 is 11.3 Å². The van der Waals surface area contributed by atoms with Gasteiger partial charge in [-0.2, -0.15) is 4.98 Å². The zero-order valence-electron chi connectivity index (χ0n) is 13.0. The minimum absolute atomic E-state index is 0.00251. The Morgan fingerprint density at radius 3 is 3.17 bits per heavy atom. The van der Waals surface area contributed by atoms with Crippen molar-refractivity contribution in [1.82, 2.24) is 19.7 Å². The van der Waals surface area contributed by atoms with Crippen molar-refractivity contribution in [2.45, 2.75) is 52.0 Å². The number of hydrogen-bond acceptors (Lipinski definition) is 6. The maximum absolute atomic E-state index is 12.8. The molecule has 120 valence electrons. The Kier molecular flexibility index (Phi) is 3.72. The van der Waals surface area contributed by atoms with E-state index in [9.17, 15) is 4.79 Å².